The molecule has 2 aromatic carbocycles. The van der Waals surface area contributed by atoms with Gasteiger partial charge < -0.3 is 9.84 Å². The summed E-state index contributed by atoms with van der Waals surface area (Å²) in [6, 6.07) is 19.7. The molecule has 0 radical (unpaired) electrons. The van der Waals surface area contributed by atoms with Crippen LogP contribution in [0.3, 0.4) is 0 Å². The highest BCUT2D eigenvalue weighted by Crippen LogP contribution is 2.25. The molecule has 4 rings (SSSR count). The number of nitrogens with zero attached hydrogens (tertiary/aromatic N) is 2. The summed E-state index contributed by atoms with van der Waals surface area (Å²) in [5.74, 6) is -0.153. The molecule has 0 spiro atoms. The number of aromatic carboxylic acids is 1. The van der Waals surface area contributed by atoms with Gasteiger partial charge in [0.2, 0.25) is 0 Å². The predicted octanol–water partition coefficient (Wildman–Crippen LogP) is 4.20. The molecule has 0 fully saturated rings. The minimum Gasteiger partial charge on any atom is -0.493 e. The van der Waals surface area contributed by atoms with Gasteiger partial charge in [-0.05, 0) is 36.4 Å². The molecule has 0 amide bonds. The Hall–Kier alpha value is -3.34. The standard InChI is InChI=1S/C21H18N2O3/c24-21(25)20-17(18-11-3-4-13-23(18)22-20)10-6-14-26-19-12-5-8-15-7-1-2-9-16(15)19/h1-5,7-9,11-13H,6,10,14H2,(H,24,25). The Morgan fingerprint density at radius 1 is 1.04 bits per heavy atom. The lowest BCUT2D eigenvalue weighted by Crippen LogP contribution is -2.04. The van der Waals surface area contributed by atoms with Gasteiger partial charge in [-0.2, -0.15) is 5.10 Å². The molecule has 0 bridgehead atoms. The normalized spacial score (nSPS) is 11.1. The SMILES string of the molecule is O=C(O)c1nn2ccccc2c1CCCOc1cccc2ccccc12. The molecule has 5 heteroatoms. The lowest BCUT2D eigenvalue weighted by Gasteiger charge is -2.09. The lowest BCUT2D eigenvalue weighted by molar-refractivity contribution is 0.0688. The maximum Gasteiger partial charge on any atom is 0.356 e. The van der Waals surface area contributed by atoms with Gasteiger partial charge in [-0.3, -0.25) is 0 Å². The molecule has 130 valence electrons. The zero-order valence-corrected chi connectivity index (χ0v) is 14.1. The van der Waals surface area contributed by atoms with E-state index in [2.05, 4.69) is 17.2 Å². The Morgan fingerprint density at radius 3 is 2.73 bits per heavy atom. The van der Waals surface area contributed by atoms with Crippen molar-refractivity contribution in [3.63, 3.8) is 0 Å². The first-order valence-corrected chi connectivity index (χ1v) is 8.54. The number of rotatable bonds is 6. The van der Waals surface area contributed by atoms with E-state index >= 15 is 0 Å². The van der Waals surface area contributed by atoms with Crippen LogP contribution >= 0.6 is 0 Å². The summed E-state index contributed by atoms with van der Waals surface area (Å²) in [7, 11) is 0. The number of carbonyl (C=O) groups is 1. The molecule has 26 heavy (non-hydrogen) atoms. The van der Waals surface area contributed by atoms with Crippen molar-refractivity contribution < 1.29 is 14.6 Å². The van der Waals surface area contributed by atoms with E-state index in [4.69, 9.17) is 4.74 Å². The summed E-state index contributed by atoms with van der Waals surface area (Å²) >= 11 is 0. The van der Waals surface area contributed by atoms with Crippen LogP contribution < -0.4 is 4.74 Å². The average Bonchev–Trinajstić information content (AvgIpc) is 3.04. The van der Waals surface area contributed by atoms with Crippen molar-refractivity contribution in [1.82, 2.24) is 9.61 Å². The van der Waals surface area contributed by atoms with E-state index in [0.29, 0.717) is 19.4 Å². The Balaban J connectivity index is 1.49. The highest BCUT2D eigenvalue weighted by Gasteiger charge is 2.17. The number of benzene rings is 2. The van der Waals surface area contributed by atoms with E-state index in [1.807, 2.05) is 48.5 Å². The van der Waals surface area contributed by atoms with E-state index in [9.17, 15) is 9.90 Å². The second-order valence-electron chi connectivity index (χ2n) is 6.09. The third-order valence-electron chi connectivity index (χ3n) is 4.42. The molecule has 2 aromatic heterocycles. The van der Waals surface area contributed by atoms with Gasteiger partial charge in [-0.1, -0.05) is 42.5 Å². The van der Waals surface area contributed by atoms with Gasteiger partial charge >= 0.3 is 5.97 Å². The minimum absolute atomic E-state index is 0.112. The third-order valence-corrected chi connectivity index (χ3v) is 4.42. The van der Waals surface area contributed by atoms with Gasteiger partial charge in [-0.15, -0.1) is 0 Å². The second-order valence-corrected chi connectivity index (χ2v) is 6.09. The average molecular weight is 346 g/mol. The van der Waals surface area contributed by atoms with Gasteiger partial charge in [-0.25, -0.2) is 9.31 Å². The van der Waals surface area contributed by atoms with Gasteiger partial charge in [0.1, 0.15) is 5.75 Å². The number of pyridine rings is 1. The maximum atomic E-state index is 11.5. The van der Waals surface area contributed by atoms with Crippen molar-refractivity contribution in [3.05, 3.63) is 78.1 Å². The van der Waals surface area contributed by atoms with E-state index < -0.39 is 5.97 Å². The first kappa shape index (κ1) is 16.1. The maximum absolute atomic E-state index is 11.5. The van der Waals surface area contributed by atoms with Crippen molar-refractivity contribution in [2.75, 3.05) is 6.61 Å². The van der Waals surface area contributed by atoms with E-state index in [1.54, 1.807) is 10.7 Å². The molecule has 0 saturated carbocycles. The largest absolute Gasteiger partial charge is 0.493 e. The topological polar surface area (TPSA) is 63.8 Å². The zero-order valence-electron chi connectivity index (χ0n) is 14.1. The van der Waals surface area contributed by atoms with Crippen LogP contribution in [0, 0.1) is 0 Å². The number of carboxylic acids is 1. The molecule has 0 unspecified atom stereocenters. The molecule has 1 N–H and O–H groups in total. The summed E-state index contributed by atoms with van der Waals surface area (Å²) in [6.45, 7) is 0.511. The monoisotopic (exact) mass is 346 g/mol. The molecule has 0 aliphatic rings. The Kier molecular flexibility index (Phi) is 4.27. The Morgan fingerprint density at radius 2 is 1.85 bits per heavy atom. The summed E-state index contributed by atoms with van der Waals surface area (Å²) in [5.41, 5.74) is 1.69. The molecular formula is C21H18N2O3. The van der Waals surface area contributed by atoms with Gasteiger partial charge in [0.15, 0.2) is 5.69 Å². The molecule has 4 aromatic rings. The van der Waals surface area contributed by atoms with Crippen molar-refractivity contribution in [2.24, 2.45) is 0 Å². The Labute approximate surface area is 150 Å². The van der Waals surface area contributed by atoms with Crippen LogP contribution in [-0.2, 0) is 6.42 Å². The number of fused-ring (bicyclic) bond motifs is 2. The summed E-state index contributed by atoms with van der Waals surface area (Å²) in [5, 5.41) is 15.8. The van der Waals surface area contributed by atoms with Crippen LogP contribution in [0.2, 0.25) is 0 Å². The molecule has 0 saturated heterocycles. The number of aryl methyl sites for hydroxylation is 1. The molecule has 0 aliphatic carbocycles. The first-order chi connectivity index (χ1) is 12.7. The van der Waals surface area contributed by atoms with E-state index in [1.165, 1.54) is 0 Å². The van der Waals surface area contributed by atoms with Crippen LogP contribution in [0.1, 0.15) is 22.5 Å². The van der Waals surface area contributed by atoms with Crippen LogP contribution in [0.5, 0.6) is 5.75 Å². The summed E-state index contributed by atoms with van der Waals surface area (Å²) in [6.07, 6.45) is 3.07. The molecular weight excluding hydrogens is 328 g/mol. The highest BCUT2D eigenvalue weighted by atomic mass is 16.5. The van der Waals surface area contributed by atoms with Crippen molar-refractivity contribution in [1.29, 1.82) is 0 Å². The van der Waals surface area contributed by atoms with Crippen LogP contribution in [-0.4, -0.2) is 27.3 Å². The molecule has 0 aliphatic heterocycles. The number of aromatic nitrogens is 2. The Bertz CT molecular complexity index is 1080. The third kappa shape index (κ3) is 2.99. The number of hydrogen-bond acceptors (Lipinski definition) is 3. The fourth-order valence-electron chi connectivity index (χ4n) is 3.22. The fraction of sp³-hybridized carbons (Fsp3) is 0.143. The second kappa shape index (κ2) is 6.88. The summed E-state index contributed by atoms with van der Waals surface area (Å²) < 4.78 is 7.57. The molecule has 0 atom stereocenters. The highest BCUT2D eigenvalue weighted by molar-refractivity contribution is 5.90. The fourth-order valence-corrected chi connectivity index (χ4v) is 3.22. The van der Waals surface area contributed by atoms with Crippen molar-refractivity contribution >= 4 is 22.3 Å². The van der Waals surface area contributed by atoms with Crippen molar-refractivity contribution in [2.45, 2.75) is 12.8 Å². The lowest BCUT2D eigenvalue weighted by atomic mass is 10.1. The number of ether oxygens (including phenoxy) is 1. The zero-order chi connectivity index (χ0) is 17.9. The smallest absolute Gasteiger partial charge is 0.356 e. The first-order valence-electron chi connectivity index (χ1n) is 8.54. The number of carboxylic acid groups (broad SMARTS) is 1. The predicted molar refractivity (Wildman–Crippen MR) is 99.9 cm³/mol. The van der Waals surface area contributed by atoms with Crippen molar-refractivity contribution in [3.8, 4) is 5.75 Å². The van der Waals surface area contributed by atoms with Crippen LogP contribution in [0.25, 0.3) is 16.3 Å². The van der Waals surface area contributed by atoms with Gasteiger partial charge in [0, 0.05) is 17.1 Å². The quantitative estimate of drug-likeness (QED) is 0.532. The van der Waals surface area contributed by atoms with E-state index in [-0.39, 0.29) is 5.69 Å². The number of hydrogen-bond donors (Lipinski definition) is 1. The molecule has 5 nitrogen and oxygen atoms in total. The van der Waals surface area contributed by atoms with Crippen LogP contribution in [0.4, 0.5) is 0 Å². The van der Waals surface area contributed by atoms with E-state index in [0.717, 1.165) is 27.6 Å². The molecule has 2 heterocycles. The van der Waals surface area contributed by atoms with Crippen LogP contribution in [0.15, 0.2) is 66.9 Å². The minimum atomic E-state index is -1.00. The van der Waals surface area contributed by atoms with Gasteiger partial charge in [0.25, 0.3) is 0 Å². The van der Waals surface area contributed by atoms with Gasteiger partial charge in [0.05, 0.1) is 12.1 Å². The summed E-state index contributed by atoms with van der Waals surface area (Å²) in [4.78, 5) is 11.5.